The Hall–Kier alpha value is -1.51. The molecule has 7 heteroatoms. The van der Waals surface area contributed by atoms with Gasteiger partial charge in [0.25, 0.3) is 0 Å². The number of rotatable bonds is 6. The molecule has 0 unspecified atom stereocenters. The summed E-state index contributed by atoms with van der Waals surface area (Å²) in [5.41, 5.74) is 1.20. The topological polar surface area (TPSA) is 59.7 Å². The van der Waals surface area contributed by atoms with Gasteiger partial charge in [0.1, 0.15) is 41.9 Å². The fourth-order valence-electron chi connectivity index (χ4n) is 3.12. The van der Waals surface area contributed by atoms with Gasteiger partial charge in [-0.2, -0.15) is 0 Å². The molecule has 1 atom stereocenters. The number of ether oxygens (including phenoxy) is 1. The summed E-state index contributed by atoms with van der Waals surface area (Å²) in [5.74, 6) is 0.646. The van der Waals surface area contributed by atoms with Gasteiger partial charge >= 0.3 is 0 Å². The highest BCUT2D eigenvalue weighted by Gasteiger charge is 2.19. The molecular formula is C19H22N3O2S2+. The predicted octanol–water partition coefficient (Wildman–Crippen LogP) is 1.73. The van der Waals surface area contributed by atoms with Gasteiger partial charge in [-0.05, 0) is 11.6 Å². The zero-order valence-corrected chi connectivity index (χ0v) is 16.1. The summed E-state index contributed by atoms with van der Waals surface area (Å²) >= 11 is 3.30. The maximum Gasteiger partial charge on any atom is 0.128 e. The highest BCUT2D eigenvalue weighted by molar-refractivity contribution is 7.99. The lowest BCUT2D eigenvalue weighted by Crippen LogP contribution is -3.15. The number of fused-ring (bicyclic) bond motifs is 1. The zero-order valence-electron chi connectivity index (χ0n) is 14.4. The van der Waals surface area contributed by atoms with Crippen LogP contribution in [0.25, 0.3) is 20.7 Å². The van der Waals surface area contributed by atoms with E-state index in [0.717, 1.165) is 48.1 Å². The maximum absolute atomic E-state index is 10.4. The molecule has 3 heterocycles. The molecule has 1 aliphatic rings. The molecule has 0 spiro atoms. The Morgan fingerprint density at radius 1 is 1.19 bits per heavy atom. The van der Waals surface area contributed by atoms with Crippen LogP contribution >= 0.6 is 23.1 Å². The minimum atomic E-state index is -0.342. The predicted molar refractivity (Wildman–Crippen MR) is 106 cm³/mol. The summed E-state index contributed by atoms with van der Waals surface area (Å²) in [6.07, 6.45) is 1.28. The number of nitrogens with zero attached hydrogens (tertiary/aromatic N) is 2. The van der Waals surface area contributed by atoms with Crippen molar-refractivity contribution in [3.63, 3.8) is 0 Å². The molecule has 0 amide bonds. The third kappa shape index (κ3) is 4.24. The Bertz CT molecular complexity index is 850. The molecule has 1 fully saturated rings. The summed E-state index contributed by atoms with van der Waals surface area (Å²) in [4.78, 5) is 12.5. The van der Waals surface area contributed by atoms with Gasteiger partial charge in [-0.15, -0.1) is 23.1 Å². The van der Waals surface area contributed by atoms with Gasteiger partial charge in [0.15, 0.2) is 0 Å². The Morgan fingerprint density at radius 3 is 2.81 bits per heavy atom. The quantitative estimate of drug-likeness (QED) is 0.497. The first-order chi connectivity index (χ1) is 12.8. The molecule has 26 heavy (non-hydrogen) atoms. The van der Waals surface area contributed by atoms with Gasteiger partial charge in [-0.1, -0.05) is 30.3 Å². The van der Waals surface area contributed by atoms with Crippen LogP contribution in [-0.4, -0.2) is 59.8 Å². The van der Waals surface area contributed by atoms with Gasteiger partial charge in [-0.3, -0.25) is 0 Å². The van der Waals surface area contributed by atoms with Crippen molar-refractivity contribution in [2.24, 2.45) is 0 Å². The summed E-state index contributed by atoms with van der Waals surface area (Å²) in [5, 5.41) is 12.4. The largest absolute Gasteiger partial charge is 0.386 e. The van der Waals surface area contributed by atoms with Crippen molar-refractivity contribution in [2.75, 3.05) is 38.6 Å². The van der Waals surface area contributed by atoms with Crippen LogP contribution in [-0.2, 0) is 4.74 Å². The lowest BCUT2D eigenvalue weighted by Gasteiger charge is -2.25. The van der Waals surface area contributed by atoms with E-state index in [2.05, 4.69) is 28.2 Å². The number of aliphatic hydroxyl groups is 1. The van der Waals surface area contributed by atoms with E-state index >= 15 is 0 Å². The molecule has 0 bridgehead atoms. The van der Waals surface area contributed by atoms with E-state index in [1.54, 1.807) is 29.4 Å². The molecule has 2 aromatic heterocycles. The summed E-state index contributed by atoms with van der Waals surface area (Å²) in [6.45, 7) is 4.30. The zero-order chi connectivity index (χ0) is 17.8. The molecule has 1 saturated heterocycles. The lowest BCUT2D eigenvalue weighted by molar-refractivity contribution is -0.910. The van der Waals surface area contributed by atoms with E-state index in [0.29, 0.717) is 5.75 Å². The van der Waals surface area contributed by atoms with Gasteiger partial charge < -0.3 is 14.7 Å². The molecule has 0 radical (unpaired) electrons. The van der Waals surface area contributed by atoms with Crippen LogP contribution in [0.4, 0.5) is 0 Å². The van der Waals surface area contributed by atoms with Gasteiger partial charge in [0, 0.05) is 16.0 Å². The molecule has 0 saturated carbocycles. The maximum atomic E-state index is 10.4. The van der Waals surface area contributed by atoms with Crippen LogP contribution in [0.2, 0.25) is 0 Å². The number of thioether (sulfide) groups is 1. The molecule has 1 aromatic carbocycles. The van der Waals surface area contributed by atoms with Crippen LogP contribution < -0.4 is 4.90 Å². The fourth-order valence-corrected chi connectivity index (χ4v) is 5.09. The average molecular weight is 389 g/mol. The lowest BCUT2D eigenvalue weighted by atomic mass is 10.2. The Labute approximate surface area is 161 Å². The standard InChI is InChI=1S/C19H21N3O2S2/c23-15(11-22-6-8-24-9-7-22)12-25-18-16-10-17(14-4-2-1-3-5-14)26-19(16)21-13-20-18/h1-5,10,13,15,23H,6-9,11-12H2/p+1/t15-/m0/s1. The van der Waals surface area contributed by atoms with E-state index < -0.39 is 0 Å². The van der Waals surface area contributed by atoms with E-state index in [9.17, 15) is 5.11 Å². The van der Waals surface area contributed by atoms with E-state index in [4.69, 9.17) is 4.74 Å². The minimum absolute atomic E-state index is 0.342. The smallest absolute Gasteiger partial charge is 0.128 e. The number of thiophene rings is 1. The third-order valence-corrected chi connectivity index (χ3v) is 6.73. The monoisotopic (exact) mass is 388 g/mol. The molecular weight excluding hydrogens is 366 g/mol. The van der Waals surface area contributed by atoms with Crippen molar-refractivity contribution in [1.82, 2.24) is 9.97 Å². The molecule has 3 aromatic rings. The van der Waals surface area contributed by atoms with Gasteiger partial charge in [0.05, 0.1) is 13.2 Å². The van der Waals surface area contributed by atoms with Gasteiger partial charge in [-0.25, -0.2) is 9.97 Å². The molecule has 2 N–H and O–H groups in total. The SMILES string of the molecule is O[C@H](CSc1ncnc2sc(-c3ccccc3)cc12)C[NH+]1CCOCC1. The minimum Gasteiger partial charge on any atom is -0.386 e. The second-order valence-electron chi connectivity index (χ2n) is 6.41. The number of quaternary nitrogens is 1. The molecule has 1 aliphatic heterocycles. The number of nitrogens with one attached hydrogen (secondary N) is 1. The number of aliphatic hydroxyl groups excluding tert-OH is 1. The highest BCUT2D eigenvalue weighted by Crippen LogP contribution is 2.36. The Kier molecular flexibility index (Phi) is 5.81. The molecule has 0 aliphatic carbocycles. The van der Waals surface area contributed by atoms with Crippen LogP contribution in [0.1, 0.15) is 0 Å². The van der Waals surface area contributed by atoms with Crippen LogP contribution in [0.5, 0.6) is 0 Å². The number of morpholine rings is 1. The Balaban J connectivity index is 1.45. The first kappa shape index (κ1) is 17.9. The van der Waals surface area contributed by atoms with Crippen molar-refractivity contribution in [3.05, 3.63) is 42.7 Å². The van der Waals surface area contributed by atoms with E-state index in [-0.39, 0.29) is 6.10 Å². The summed E-state index contributed by atoms with van der Waals surface area (Å²) in [7, 11) is 0. The number of hydrogen-bond donors (Lipinski definition) is 2. The summed E-state index contributed by atoms with van der Waals surface area (Å²) in [6, 6.07) is 12.5. The van der Waals surface area contributed by atoms with E-state index in [1.807, 2.05) is 18.2 Å². The van der Waals surface area contributed by atoms with E-state index in [1.165, 1.54) is 15.3 Å². The normalized spacial score (nSPS) is 16.8. The molecule has 5 nitrogen and oxygen atoms in total. The van der Waals surface area contributed by atoms with Crippen molar-refractivity contribution >= 4 is 33.3 Å². The van der Waals surface area contributed by atoms with Crippen molar-refractivity contribution in [3.8, 4) is 10.4 Å². The average Bonchev–Trinajstić information content (AvgIpc) is 3.13. The second-order valence-corrected chi connectivity index (χ2v) is 8.45. The number of aromatic nitrogens is 2. The molecule has 4 rings (SSSR count). The highest BCUT2D eigenvalue weighted by atomic mass is 32.2. The van der Waals surface area contributed by atoms with Crippen LogP contribution in [0, 0.1) is 0 Å². The first-order valence-electron chi connectivity index (χ1n) is 8.82. The Morgan fingerprint density at radius 2 is 2.00 bits per heavy atom. The number of hydrogen-bond acceptors (Lipinski definition) is 6. The van der Waals surface area contributed by atoms with Crippen LogP contribution in [0.15, 0.2) is 47.8 Å². The van der Waals surface area contributed by atoms with Crippen molar-refractivity contribution < 1.29 is 14.7 Å². The van der Waals surface area contributed by atoms with Gasteiger partial charge in [0.2, 0.25) is 0 Å². The molecule has 136 valence electrons. The third-order valence-electron chi connectivity index (χ3n) is 4.49. The summed E-state index contributed by atoms with van der Waals surface area (Å²) < 4.78 is 5.37. The second kappa shape index (κ2) is 8.45. The first-order valence-corrected chi connectivity index (χ1v) is 10.6. The number of benzene rings is 1. The van der Waals surface area contributed by atoms with Crippen molar-refractivity contribution in [2.45, 2.75) is 11.1 Å². The fraction of sp³-hybridized carbons (Fsp3) is 0.368. The van der Waals surface area contributed by atoms with Crippen molar-refractivity contribution in [1.29, 1.82) is 0 Å². The van der Waals surface area contributed by atoms with Crippen LogP contribution in [0.3, 0.4) is 0 Å².